The number of carbonyl (C=O) groups excluding carboxylic acids is 1. The molecule has 1 aromatic rings. The zero-order chi connectivity index (χ0) is 14.0. The quantitative estimate of drug-likeness (QED) is 0.834. The Balaban J connectivity index is 2.00. The van der Waals surface area contributed by atoms with Gasteiger partial charge in [0.2, 0.25) is 6.10 Å². The predicted octanol–water partition coefficient (Wildman–Crippen LogP) is 1.82. The van der Waals surface area contributed by atoms with Gasteiger partial charge in [0.15, 0.2) is 0 Å². The Kier molecular flexibility index (Phi) is 3.83. The summed E-state index contributed by atoms with van der Waals surface area (Å²) in [5, 5.41) is 3.81. The molecule has 1 aliphatic rings. The second kappa shape index (κ2) is 5.38. The standard InChI is InChI=1S/C14H19N3O2/c1-9-5-10(2)15-12(6-9)8-17(4)14(18)13-7-11(3)16-19-13/h5-6,13H,7-8H2,1-4H3. The van der Waals surface area contributed by atoms with Crippen molar-refractivity contribution in [2.24, 2.45) is 5.16 Å². The van der Waals surface area contributed by atoms with Crippen molar-refractivity contribution in [3.8, 4) is 0 Å². The number of aryl methyl sites for hydroxylation is 2. The summed E-state index contributed by atoms with van der Waals surface area (Å²) >= 11 is 0. The third-order valence-electron chi connectivity index (χ3n) is 3.02. The lowest BCUT2D eigenvalue weighted by atomic mass is 10.1. The van der Waals surface area contributed by atoms with Crippen molar-refractivity contribution >= 4 is 11.6 Å². The number of aromatic nitrogens is 1. The number of hydrogen-bond acceptors (Lipinski definition) is 4. The van der Waals surface area contributed by atoms with Crippen LogP contribution in [0.2, 0.25) is 0 Å². The van der Waals surface area contributed by atoms with E-state index in [1.165, 1.54) is 0 Å². The van der Waals surface area contributed by atoms with E-state index in [1.807, 2.05) is 32.9 Å². The molecule has 5 nitrogen and oxygen atoms in total. The Morgan fingerprint density at radius 1 is 1.42 bits per heavy atom. The Morgan fingerprint density at radius 3 is 2.74 bits per heavy atom. The fourth-order valence-electron chi connectivity index (χ4n) is 2.20. The minimum absolute atomic E-state index is 0.0541. The van der Waals surface area contributed by atoms with E-state index in [0.717, 1.165) is 22.7 Å². The number of likely N-dealkylation sites (N-methyl/N-ethyl adjacent to an activating group) is 1. The number of carbonyl (C=O) groups is 1. The molecule has 1 atom stereocenters. The molecule has 5 heteroatoms. The summed E-state index contributed by atoms with van der Waals surface area (Å²) in [6.45, 7) is 6.33. The van der Waals surface area contributed by atoms with E-state index in [9.17, 15) is 4.79 Å². The summed E-state index contributed by atoms with van der Waals surface area (Å²) in [4.78, 5) is 23.3. The molecule has 19 heavy (non-hydrogen) atoms. The van der Waals surface area contributed by atoms with Crippen LogP contribution in [0.4, 0.5) is 0 Å². The zero-order valence-corrected chi connectivity index (χ0v) is 11.8. The van der Waals surface area contributed by atoms with Crippen molar-refractivity contribution in [1.29, 1.82) is 0 Å². The highest BCUT2D eigenvalue weighted by atomic mass is 16.6. The van der Waals surface area contributed by atoms with Gasteiger partial charge < -0.3 is 9.74 Å². The maximum atomic E-state index is 12.2. The number of amides is 1. The maximum absolute atomic E-state index is 12.2. The molecule has 0 aromatic carbocycles. The second-order valence-electron chi connectivity index (χ2n) is 5.10. The van der Waals surface area contributed by atoms with Crippen molar-refractivity contribution in [2.45, 2.75) is 39.8 Å². The van der Waals surface area contributed by atoms with Gasteiger partial charge in [0.05, 0.1) is 18.0 Å². The predicted molar refractivity (Wildman–Crippen MR) is 72.8 cm³/mol. The van der Waals surface area contributed by atoms with E-state index in [1.54, 1.807) is 11.9 Å². The van der Waals surface area contributed by atoms with Gasteiger partial charge in [-0.2, -0.15) is 0 Å². The molecule has 1 aliphatic heterocycles. The number of oxime groups is 1. The van der Waals surface area contributed by atoms with Crippen LogP contribution in [-0.2, 0) is 16.2 Å². The van der Waals surface area contributed by atoms with Crippen LogP contribution >= 0.6 is 0 Å². The highest BCUT2D eigenvalue weighted by molar-refractivity contribution is 5.91. The van der Waals surface area contributed by atoms with Crippen LogP contribution < -0.4 is 0 Å². The average Bonchev–Trinajstić information content (AvgIpc) is 2.73. The first-order chi connectivity index (χ1) is 8.95. The minimum Gasteiger partial charge on any atom is -0.382 e. The summed E-state index contributed by atoms with van der Waals surface area (Å²) in [5.41, 5.74) is 3.87. The largest absolute Gasteiger partial charge is 0.382 e. The number of nitrogens with zero attached hydrogens (tertiary/aromatic N) is 3. The zero-order valence-electron chi connectivity index (χ0n) is 11.8. The van der Waals surface area contributed by atoms with Crippen molar-refractivity contribution < 1.29 is 9.63 Å². The van der Waals surface area contributed by atoms with Crippen LogP contribution in [0.25, 0.3) is 0 Å². The molecule has 0 spiro atoms. The van der Waals surface area contributed by atoms with E-state index in [-0.39, 0.29) is 5.91 Å². The molecule has 2 heterocycles. The molecule has 1 unspecified atom stereocenters. The lowest BCUT2D eigenvalue weighted by Gasteiger charge is -2.19. The van der Waals surface area contributed by atoms with E-state index in [4.69, 9.17) is 4.84 Å². The van der Waals surface area contributed by atoms with Crippen LogP contribution in [0.1, 0.15) is 30.3 Å². The summed E-state index contributed by atoms with van der Waals surface area (Å²) in [5.74, 6) is -0.0541. The van der Waals surface area contributed by atoms with Crippen molar-refractivity contribution in [3.05, 3.63) is 29.1 Å². The summed E-state index contributed by atoms with van der Waals surface area (Å²) in [6.07, 6.45) is 0.0969. The van der Waals surface area contributed by atoms with Gasteiger partial charge in [-0.25, -0.2) is 0 Å². The third kappa shape index (κ3) is 3.30. The van der Waals surface area contributed by atoms with Crippen LogP contribution in [0, 0.1) is 13.8 Å². The maximum Gasteiger partial charge on any atom is 0.266 e. The average molecular weight is 261 g/mol. The Labute approximate surface area is 113 Å². The fraction of sp³-hybridized carbons (Fsp3) is 0.500. The van der Waals surface area contributed by atoms with E-state index in [2.05, 4.69) is 10.1 Å². The van der Waals surface area contributed by atoms with Crippen molar-refractivity contribution in [3.63, 3.8) is 0 Å². The molecule has 102 valence electrons. The van der Waals surface area contributed by atoms with Crippen LogP contribution in [0.15, 0.2) is 17.3 Å². The molecular formula is C14H19N3O2. The number of pyridine rings is 1. The first-order valence-corrected chi connectivity index (χ1v) is 6.34. The summed E-state index contributed by atoms with van der Waals surface area (Å²) < 4.78 is 0. The van der Waals surface area contributed by atoms with E-state index >= 15 is 0 Å². The fourth-order valence-corrected chi connectivity index (χ4v) is 2.20. The first kappa shape index (κ1) is 13.5. The normalized spacial score (nSPS) is 17.9. The Hall–Kier alpha value is -1.91. The van der Waals surface area contributed by atoms with Crippen LogP contribution in [0.5, 0.6) is 0 Å². The molecule has 1 amide bonds. The molecule has 0 bridgehead atoms. The molecule has 0 saturated heterocycles. The van der Waals surface area contributed by atoms with Crippen molar-refractivity contribution in [2.75, 3.05) is 7.05 Å². The van der Waals surface area contributed by atoms with Gasteiger partial charge >= 0.3 is 0 Å². The van der Waals surface area contributed by atoms with Gasteiger partial charge in [-0.05, 0) is 38.5 Å². The van der Waals surface area contributed by atoms with E-state index in [0.29, 0.717) is 13.0 Å². The molecule has 0 fully saturated rings. The first-order valence-electron chi connectivity index (χ1n) is 6.34. The highest BCUT2D eigenvalue weighted by Gasteiger charge is 2.28. The Morgan fingerprint density at radius 2 is 2.16 bits per heavy atom. The molecule has 0 aliphatic carbocycles. The second-order valence-corrected chi connectivity index (χ2v) is 5.10. The Bertz CT molecular complexity index is 505. The molecular weight excluding hydrogens is 242 g/mol. The molecule has 2 rings (SSSR count). The van der Waals surface area contributed by atoms with E-state index < -0.39 is 6.10 Å². The topological polar surface area (TPSA) is 54.8 Å². The summed E-state index contributed by atoms with van der Waals surface area (Å²) in [6, 6.07) is 4.01. The van der Waals surface area contributed by atoms with Crippen LogP contribution in [0.3, 0.4) is 0 Å². The van der Waals surface area contributed by atoms with Gasteiger partial charge in [0, 0.05) is 19.2 Å². The van der Waals surface area contributed by atoms with Crippen LogP contribution in [-0.4, -0.2) is 34.7 Å². The highest BCUT2D eigenvalue weighted by Crippen LogP contribution is 2.14. The van der Waals surface area contributed by atoms with Gasteiger partial charge in [-0.3, -0.25) is 9.78 Å². The van der Waals surface area contributed by atoms with Gasteiger partial charge in [-0.15, -0.1) is 0 Å². The van der Waals surface area contributed by atoms with Gasteiger partial charge in [-0.1, -0.05) is 5.16 Å². The number of hydrogen-bond donors (Lipinski definition) is 0. The minimum atomic E-state index is -0.476. The molecule has 0 radical (unpaired) electrons. The summed E-state index contributed by atoms with van der Waals surface area (Å²) in [7, 11) is 1.76. The molecule has 1 aromatic heterocycles. The lowest BCUT2D eigenvalue weighted by Crippen LogP contribution is -2.36. The SMILES string of the molecule is CC1=NOC(C(=O)N(C)Cc2cc(C)cc(C)n2)C1. The smallest absolute Gasteiger partial charge is 0.266 e. The third-order valence-corrected chi connectivity index (χ3v) is 3.02. The number of rotatable bonds is 3. The van der Waals surface area contributed by atoms with Crippen molar-refractivity contribution in [1.82, 2.24) is 9.88 Å². The monoisotopic (exact) mass is 261 g/mol. The molecule has 0 N–H and O–H groups in total. The lowest BCUT2D eigenvalue weighted by molar-refractivity contribution is -0.141. The molecule has 0 saturated carbocycles. The van der Waals surface area contributed by atoms with Gasteiger partial charge in [0.25, 0.3) is 5.91 Å². The van der Waals surface area contributed by atoms with Gasteiger partial charge in [0.1, 0.15) is 0 Å².